The zero-order valence-corrected chi connectivity index (χ0v) is 14.8. The van der Waals surface area contributed by atoms with E-state index < -0.39 is 0 Å². The molecule has 1 N–H and O–H groups in total. The first-order valence-electron chi connectivity index (χ1n) is 8.82. The van der Waals surface area contributed by atoms with Gasteiger partial charge in [0.1, 0.15) is 0 Å². The summed E-state index contributed by atoms with van der Waals surface area (Å²) in [5.74, 6) is -0.275. The topological polar surface area (TPSA) is 38.3 Å². The summed E-state index contributed by atoms with van der Waals surface area (Å²) in [6.07, 6.45) is 3.45. The molecule has 2 aromatic rings. The summed E-state index contributed by atoms with van der Waals surface area (Å²) >= 11 is 0. The number of nitrogens with one attached hydrogen (secondary N) is 1. The van der Waals surface area contributed by atoms with Crippen LogP contribution in [0.25, 0.3) is 0 Å². The van der Waals surface area contributed by atoms with Crippen LogP contribution in [-0.2, 0) is 17.6 Å². The second kappa shape index (κ2) is 9.11. The van der Waals surface area contributed by atoms with Gasteiger partial charge in [0.15, 0.2) is 6.23 Å². The van der Waals surface area contributed by atoms with Crippen molar-refractivity contribution in [2.75, 3.05) is 5.32 Å². The van der Waals surface area contributed by atoms with E-state index in [2.05, 4.69) is 25.2 Å². The van der Waals surface area contributed by atoms with Gasteiger partial charge in [0.2, 0.25) is 0 Å². The average molecular weight is 325 g/mol. The quantitative estimate of drug-likeness (QED) is 0.535. The number of anilines is 1. The molecule has 0 bridgehead atoms. The third-order valence-electron chi connectivity index (χ3n) is 4.06. The van der Waals surface area contributed by atoms with Crippen LogP contribution in [0.2, 0.25) is 0 Å². The molecule has 0 fully saturated rings. The molecule has 0 saturated carbocycles. The summed E-state index contributed by atoms with van der Waals surface area (Å²) in [6.45, 7) is 6.29. The smallest absolute Gasteiger partial charge is 0.340 e. The van der Waals surface area contributed by atoms with Crippen molar-refractivity contribution < 1.29 is 9.53 Å². The number of carbonyl (C=O) groups excluding carboxylic acids is 1. The van der Waals surface area contributed by atoms with Gasteiger partial charge in [0.05, 0.1) is 5.56 Å². The van der Waals surface area contributed by atoms with Crippen LogP contribution in [0.15, 0.2) is 48.5 Å². The van der Waals surface area contributed by atoms with E-state index in [4.69, 9.17) is 4.74 Å². The lowest BCUT2D eigenvalue weighted by Crippen LogP contribution is -2.25. The molecule has 3 nitrogen and oxygen atoms in total. The van der Waals surface area contributed by atoms with Gasteiger partial charge in [0.25, 0.3) is 0 Å². The monoisotopic (exact) mass is 325 g/mol. The Morgan fingerprint density at radius 2 is 1.79 bits per heavy atom. The first-order chi connectivity index (χ1) is 11.7. The van der Waals surface area contributed by atoms with E-state index in [9.17, 15) is 4.79 Å². The maximum absolute atomic E-state index is 12.5. The van der Waals surface area contributed by atoms with Crippen molar-refractivity contribution in [1.29, 1.82) is 0 Å². The minimum atomic E-state index is -0.333. The number of hydrogen-bond donors (Lipinski definition) is 1. The third kappa shape index (κ3) is 4.85. The van der Waals surface area contributed by atoms with Crippen LogP contribution in [0.5, 0.6) is 0 Å². The molecule has 2 aromatic carbocycles. The molecule has 24 heavy (non-hydrogen) atoms. The zero-order chi connectivity index (χ0) is 17.4. The standard InChI is InChI=1S/C21H27NO2/c1-4-10-17-13-14-18(15-16(17)5-2)21(23)24-20(6-3)22-19-11-8-7-9-12-19/h7-9,11-15,20,22H,4-6,10H2,1-3H3. The SMILES string of the molecule is CCCc1ccc(C(=O)OC(CC)Nc2ccccc2)cc1CC. The molecule has 0 amide bonds. The predicted octanol–water partition coefficient (Wildman–Crippen LogP) is 5.21. The highest BCUT2D eigenvalue weighted by atomic mass is 16.6. The van der Waals surface area contributed by atoms with Gasteiger partial charge in [-0.2, -0.15) is 0 Å². The lowest BCUT2D eigenvalue weighted by Gasteiger charge is -2.19. The van der Waals surface area contributed by atoms with Gasteiger partial charge in [-0.05, 0) is 48.2 Å². The fraction of sp³-hybridized carbons (Fsp3) is 0.381. The van der Waals surface area contributed by atoms with Crippen LogP contribution >= 0.6 is 0 Å². The number of hydrogen-bond acceptors (Lipinski definition) is 3. The summed E-state index contributed by atoms with van der Waals surface area (Å²) in [4.78, 5) is 12.5. The zero-order valence-electron chi connectivity index (χ0n) is 14.8. The summed E-state index contributed by atoms with van der Waals surface area (Å²) < 4.78 is 5.64. The lowest BCUT2D eigenvalue weighted by molar-refractivity contribution is 0.0352. The number of carbonyl (C=O) groups is 1. The molecule has 2 rings (SSSR count). The van der Waals surface area contributed by atoms with Gasteiger partial charge in [-0.25, -0.2) is 4.79 Å². The first kappa shape index (κ1) is 18.1. The minimum absolute atomic E-state index is 0.275. The normalized spacial score (nSPS) is 11.8. The maximum Gasteiger partial charge on any atom is 0.340 e. The Morgan fingerprint density at radius 1 is 1.04 bits per heavy atom. The molecular formula is C21H27NO2. The van der Waals surface area contributed by atoms with E-state index >= 15 is 0 Å². The largest absolute Gasteiger partial charge is 0.438 e. The van der Waals surface area contributed by atoms with Crippen LogP contribution in [0.3, 0.4) is 0 Å². The Morgan fingerprint density at radius 3 is 2.42 bits per heavy atom. The maximum atomic E-state index is 12.5. The Balaban J connectivity index is 2.07. The van der Waals surface area contributed by atoms with E-state index in [1.807, 2.05) is 49.4 Å². The van der Waals surface area contributed by atoms with Crippen molar-refractivity contribution in [3.63, 3.8) is 0 Å². The summed E-state index contributed by atoms with van der Waals surface area (Å²) in [5, 5.41) is 3.25. The minimum Gasteiger partial charge on any atom is -0.438 e. The van der Waals surface area contributed by atoms with Gasteiger partial charge in [-0.15, -0.1) is 0 Å². The highest BCUT2D eigenvalue weighted by Crippen LogP contribution is 2.17. The molecule has 0 heterocycles. The van der Waals surface area contributed by atoms with Crippen LogP contribution in [0.4, 0.5) is 5.69 Å². The van der Waals surface area contributed by atoms with Crippen LogP contribution in [-0.4, -0.2) is 12.2 Å². The van der Waals surface area contributed by atoms with Crippen molar-refractivity contribution in [3.05, 3.63) is 65.2 Å². The van der Waals surface area contributed by atoms with Gasteiger partial charge in [-0.3, -0.25) is 0 Å². The summed E-state index contributed by atoms with van der Waals surface area (Å²) in [7, 11) is 0. The Labute approximate surface area is 145 Å². The molecule has 0 spiro atoms. The highest BCUT2D eigenvalue weighted by Gasteiger charge is 2.15. The molecule has 1 unspecified atom stereocenters. The number of benzene rings is 2. The van der Waals surface area contributed by atoms with Crippen molar-refractivity contribution in [2.45, 2.75) is 52.7 Å². The molecule has 0 aliphatic carbocycles. The van der Waals surface area contributed by atoms with E-state index in [0.717, 1.165) is 24.9 Å². The number of esters is 1. The van der Waals surface area contributed by atoms with Gasteiger partial charge >= 0.3 is 5.97 Å². The number of para-hydroxylation sites is 1. The van der Waals surface area contributed by atoms with Gasteiger partial charge in [-0.1, -0.05) is 51.5 Å². The highest BCUT2D eigenvalue weighted by molar-refractivity contribution is 5.90. The van der Waals surface area contributed by atoms with E-state index in [0.29, 0.717) is 12.0 Å². The fourth-order valence-corrected chi connectivity index (χ4v) is 2.73. The van der Waals surface area contributed by atoms with Crippen LogP contribution in [0, 0.1) is 0 Å². The predicted molar refractivity (Wildman–Crippen MR) is 99.4 cm³/mol. The van der Waals surface area contributed by atoms with E-state index in [1.165, 1.54) is 11.1 Å². The number of ether oxygens (including phenoxy) is 1. The first-order valence-corrected chi connectivity index (χ1v) is 8.82. The van der Waals surface area contributed by atoms with Crippen molar-refractivity contribution >= 4 is 11.7 Å². The van der Waals surface area contributed by atoms with Gasteiger partial charge < -0.3 is 10.1 Å². The van der Waals surface area contributed by atoms with E-state index in [1.54, 1.807) is 0 Å². The van der Waals surface area contributed by atoms with Crippen molar-refractivity contribution in [3.8, 4) is 0 Å². The lowest BCUT2D eigenvalue weighted by atomic mass is 9.98. The van der Waals surface area contributed by atoms with Crippen molar-refractivity contribution in [2.24, 2.45) is 0 Å². The fourth-order valence-electron chi connectivity index (χ4n) is 2.73. The molecule has 0 saturated heterocycles. The molecule has 128 valence electrons. The van der Waals surface area contributed by atoms with Gasteiger partial charge in [0, 0.05) is 12.1 Å². The molecule has 0 aliphatic rings. The second-order valence-corrected chi connectivity index (χ2v) is 5.90. The Hall–Kier alpha value is -2.29. The van der Waals surface area contributed by atoms with Crippen molar-refractivity contribution in [1.82, 2.24) is 0 Å². The Kier molecular flexibility index (Phi) is 6.86. The second-order valence-electron chi connectivity index (χ2n) is 5.90. The van der Waals surface area contributed by atoms with Crippen LogP contribution < -0.4 is 5.32 Å². The van der Waals surface area contributed by atoms with Crippen LogP contribution in [0.1, 0.15) is 55.1 Å². The Bertz CT molecular complexity index is 652. The number of rotatable bonds is 8. The van der Waals surface area contributed by atoms with E-state index in [-0.39, 0.29) is 12.2 Å². The molecule has 0 aromatic heterocycles. The molecule has 0 radical (unpaired) electrons. The molecular weight excluding hydrogens is 298 g/mol. The third-order valence-corrected chi connectivity index (χ3v) is 4.06. The summed E-state index contributed by atoms with van der Waals surface area (Å²) in [5.41, 5.74) is 4.13. The molecule has 3 heteroatoms. The number of aryl methyl sites for hydroxylation is 2. The molecule has 0 aliphatic heterocycles. The molecule has 1 atom stereocenters. The summed E-state index contributed by atoms with van der Waals surface area (Å²) in [6, 6.07) is 15.7. The average Bonchev–Trinajstić information content (AvgIpc) is 2.62.